The van der Waals surface area contributed by atoms with Crippen molar-refractivity contribution in [1.82, 2.24) is 0 Å². The van der Waals surface area contributed by atoms with E-state index in [1.165, 1.54) is 5.56 Å². The number of methoxy groups -OCH3 is 1. The summed E-state index contributed by atoms with van der Waals surface area (Å²) in [5.74, 6) is -0.390. The second-order valence-corrected chi connectivity index (χ2v) is 9.41. The van der Waals surface area contributed by atoms with Gasteiger partial charge in [0.2, 0.25) is 5.91 Å². The molecule has 2 aromatic rings. The van der Waals surface area contributed by atoms with Gasteiger partial charge in [-0.15, -0.1) is 0 Å². The quantitative estimate of drug-likeness (QED) is 0.388. The van der Waals surface area contributed by atoms with Crippen LogP contribution in [0.4, 0.5) is 0 Å². The van der Waals surface area contributed by atoms with Crippen LogP contribution in [0.5, 0.6) is 11.5 Å². The van der Waals surface area contributed by atoms with E-state index in [0.717, 1.165) is 17.3 Å². The molecule has 35 heavy (non-hydrogen) atoms. The molecule has 1 aliphatic rings. The third-order valence-electron chi connectivity index (χ3n) is 4.95. The highest BCUT2D eigenvalue weighted by atomic mass is 79.9. The Morgan fingerprint density at radius 1 is 1.17 bits per heavy atom. The first kappa shape index (κ1) is 26.6. The molecule has 1 aliphatic heterocycles. The molecule has 0 spiro atoms. The molecule has 2 aromatic carbocycles. The van der Waals surface area contributed by atoms with E-state index in [4.69, 9.17) is 14.2 Å². The third-order valence-corrected chi connectivity index (χ3v) is 6.56. The molecule has 7 nitrogen and oxygen atoms in total. The minimum atomic E-state index is -0.734. The van der Waals surface area contributed by atoms with Crippen LogP contribution in [0.2, 0.25) is 0 Å². The van der Waals surface area contributed by atoms with Crippen LogP contribution in [-0.4, -0.2) is 35.7 Å². The number of hydrogen-bond acceptors (Lipinski definition) is 7. The Balaban J connectivity index is 1.93. The summed E-state index contributed by atoms with van der Waals surface area (Å²) in [7, 11) is 1.54. The van der Waals surface area contributed by atoms with Crippen LogP contribution in [0, 0.1) is 6.92 Å². The molecule has 1 N–H and O–H groups in total. The molecule has 9 heteroatoms. The van der Waals surface area contributed by atoms with E-state index in [9.17, 15) is 14.7 Å². The Morgan fingerprint density at radius 3 is 2.51 bits per heavy atom. The highest BCUT2D eigenvalue weighted by molar-refractivity contribution is 9.10. The predicted octanol–water partition coefficient (Wildman–Crippen LogP) is 6.14. The van der Waals surface area contributed by atoms with Crippen molar-refractivity contribution in [2.45, 2.75) is 33.8 Å². The molecule has 184 valence electrons. The van der Waals surface area contributed by atoms with E-state index >= 15 is 0 Å². The van der Waals surface area contributed by atoms with Crippen LogP contribution in [0.15, 0.2) is 62.1 Å². The van der Waals surface area contributed by atoms with Gasteiger partial charge in [-0.05, 0) is 59.1 Å². The lowest BCUT2D eigenvalue weighted by Gasteiger charge is -2.14. The van der Waals surface area contributed by atoms with Gasteiger partial charge in [-0.25, -0.2) is 9.79 Å². The number of aliphatic hydroxyl groups excluding tert-OH is 1. The fourth-order valence-electron chi connectivity index (χ4n) is 3.14. The van der Waals surface area contributed by atoms with E-state index in [0.29, 0.717) is 33.0 Å². The highest BCUT2D eigenvalue weighted by Gasteiger charge is 2.33. The summed E-state index contributed by atoms with van der Waals surface area (Å²) in [6.45, 7) is 5.85. The fourth-order valence-corrected chi connectivity index (χ4v) is 4.74. The maximum absolute atomic E-state index is 12.4. The normalized spacial score (nSPS) is 15.6. The number of ether oxygens (including phenoxy) is 3. The molecule has 0 fully saturated rings. The lowest BCUT2D eigenvalue weighted by Crippen LogP contribution is -2.14. The smallest absolute Gasteiger partial charge is 0.344 e. The monoisotopic (exact) mass is 559 g/mol. The highest BCUT2D eigenvalue weighted by Crippen LogP contribution is 2.42. The minimum absolute atomic E-state index is 0.114. The van der Waals surface area contributed by atoms with Crippen molar-refractivity contribution in [3.8, 4) is 11.5 Å². The number of aliphatic imine (C=N–C) groups is 1. The minimum Gasteiger partial charge on any atom is -0.506 e. The van der Waals surface area contributed by atoms with Crippen LogP contribution >= 0.6 is 27.7 Å². The van der Waals surface area contributed by atoms with Gasteiger partial charge in [0, 0.05) is 6.42 Å². The van der Waals surface area contributed by atoms with Crippen molar-refractivity contribution in [2.24, 2.45) is 4.99 Å². The first-order chi connectivity index (χ1) is 16.8. The summed E-state index contributed by atoms with van der Waals surface area (Å²) >= 11 is 4.57. The van der Waals surface area contributed by atoms with Gasteiger partial charge >= 0.3 is 5.97 Å². The summed E-state index contributed by atoms with van der Waals surface area (Å²) in [6, 6.07) is 11.6. The number of rotatable bonds is 8. The number of aryl methyl sites for hydroxylation is 1. The predicted molar refractivity (Wildman–Crippen MR) is 141 cm³/mol. The van der Waals surface area contributed by atoms with Crippen molar-refractivity contribution in [3.05, 3.63) is 73.8 Å². The Bertz CT molecular complexity index is 1220. The van der Waals surface area contributed by atoms with Gasteiger partial charge in [-0.2, -0.15) is 0 Å². The summed E-state index contributed by atoms with van der Waals surface area (Å²) in [6.07, 6.45) is 1.85. The topological polar surface area (TPSA) is 94.4 Å². The number of aliphatic hydroxyl groups is 1. The molecular weight excluding hydrogens is 534 g/mol. The van der Waals surface area contributed by atoms with Crippen molar-refractivity contribution < 1.29 is 28.9 Å². The molecule has 0 atom stereocenters. The van der Waals surface area contributed by atoms with Crippen LogP contribution in [-0.2, 0) is 20.9 Å². The first-order valence-electron chi connectivity index (χ1n) is 10.9. The third kappa shape index (κ3) is 6.55. The summed E-state index contributed by atoms with van der Waals surface area (Å²) in [5.41, 5.74) is 2.75. The van der Waals surface area contributed by atoms with Crippen LogP contribution in [0.25, 0.3) is 6.08 Å². The number of benzene rings is 2. The van der Waals surface area contributed by atoms with Crippen molar-refractivity contribution >= 4 is 50.7 Å². The largest absolute Gasteiger partial charge is 0.506 e. The van der Waals surface area contributed by atoms with E-state index in [1.54, 1.807) is 33.1 Å². The van der Waals surface area contributed by atoms with E-state index in [1.807, 2.05) is 37.3 Å². The molecule has 0 radical (unpaired) electrons. The van der Waals surface area contributed by atoms with Gasteiger partial charge in [0.05, 0.1) is 23.1 Å². The molecule has 0 saturated carbocycles. The number of thioether (sulfide) groups is 1. The van der Waals surface area contributed by atoms with E-state index < -0.39 is 11.9 Å². The van der Waals surface area contributed by atoms with Crippen LogP contribution in [0.3, 0.4) is 0 Å². The Morgan fingerprint density at radius 2 is 1.89 bits per heavy atom. The number of carbonyl (C=O) groups is 2. The number of halogens is 1. The maximum atomic E-state index is 12.4. The molecule has 0 aromatic heterocycles. The fraction of sp³-hybridized carbons (Fsp3) is 0.269. The van der Waals surface area contributed by atoms with Gasteiger partial charge in [0.25, 0.3) is 0 Å². The molecule has 0 bridgehead atoms. The first-order valence-corrected chi connectivity index (χ1v) is 12.6. The lowest BCUT2D eigenvalue weighted by atomic mass is 10.1. The molecule has 0 saturated heterocycles. The zero-order chi connectivity index (χ0) is 25.5. The number of hydrogen-bond donors (Lipinski definition) is 1. The SMILES string of the molecule is CCOC(=O)C1=C(O)/C(=C/c2cc(Br)c(OCc3ccc(C)cc3)c(OC)c2)SC1=NC(=O)CC. The number of carbonyl (C=O) groups excluding carboxylic acids is 2. The average molecular weight is 560 g/mol. The van der Waals surface area contributed by atoms with Gasteiger partial charge in [0.15, 0.2) is 11.5 Å². The van der Waals surface area contributed by atoms with Crippen molar-refractivity contribution in [3.63, 3.8) is 0 Å². The number of nitrogens with zero attached hydrogens (tertiary/aromatic N) is 1. The summed E-state index contributed by atoms with van der Waals surface area (Å²) in [4.78, 5) is 28.7. The van der Waals surface area contributed by atoms with Gasteiger partial charge in [0.1, 0.15) is 23.0 Å². The second kappa shape index (κ2) is 12.1. The lowest BCUT2D eigenvalue weighted by molar-refractivity contribution is -0.138. The molecule has 0 aliphatic carbocycles. The molecular formula is C26H26BrNO6S. The van der Waals surface area contributed by atoms with E-state index in [-0.39, 0.29) is 29.4 Å². The van der Waals surface area contributed by atoms with Crippen LogP contribution in [0.1, 0.15) is 37.0 Å². The van der Waals surface area contributed by atoms with Crippen molar-refractivity contribution in [2.75, 3.05) is 13.7 Å². The Hall–Kier alpha value is -3.04. The Kier molecular flexibility index (Phi) is 9.17. The maximum Gasteiger partial charge on any atom is 0.344 e. The number of esters is 1. The molecule has 1 heterocycles. The van der Waals surface area contributed by atoms with Crippen LogP contribution < -0.4 is 9.47 Å². The van der Waals surface area contributed by atoms with E-state index in [2.05, 4.69) is 20.9 Å². The average Bonchev–Trinajstić information content (AvgIpc) is 3.13. The van der Waals surface area contributed by atoms with Gasteiger partial charge < -0.3 is 19.3 Å². The summed E-state index contributed by atoms with van der Waals surface area (Å²) < 4.78 is 17.2. The standard InChI is InChI=1S/C26H26BrNO6S/c1-5-21(29)28-25-22(26(31)33-6-2)23(30)20(35-25)13-17-11-18(27)24(19(12-17)32-4)34-14-16-9-7-15(3)8-10-16/h7-13,30H,5-6,14H2,1-4H3/b20-13-,28-25?. The molecule has 3 rings (SSSR count). The zero-order valence-corrected chi connectivity index (χ0v) is 22.3. The van der Waals surface area contributed by atoms with Gasteiger partial charge in [-0.1, -0.05) is 48.5 Å². The zero-order valence-electron chi connectivity index (χ0n) is 19.9. The number of amides is 1. The second-order valence-electron chi connectivity index (χ2n) is 7.53. The van der Waals surface area contributed by atoms with Gasteiger partial charge in [-0.3, -0.25) is 4.79 Å². The Labute approximate surface area is 217 Å². The van der Waals surface area contributed by atoms with Crippen molar-refractivity contribution in [1.29, 1.82) is 0 Å². The summed E-state index contributed by atoms with van der Waals surface area (Å²) in [5, 5.41) is 10.9. The molecule has 1 amide bonds. The molecule has 0 unspecified atom stereocenters.